The monoisotopic (exact) mass is 363 g/mol. The summed E-state index contributed by atoms with van der Waals surface area (Å²) < 4.78 is 10.9. The lowest BCUT2D eigenvalue weighted by Gasteiger charge is -2.43. The average molecular weight is 363 g/mol. The first kappa shape index (κ1) is 17.3. The molecule has 2 aromatic carbocycles. The first-order valence-electron chi connectivity index (χ1n) is 9.10. The zero-order valence-corrected chi connectivity index (χ0v) is 15.2. The number of nitrogens with one attached hydrogen (secondary N) is 1. The van der Waals surface area contributed by atoms with E-state index in [1.165, 1.54) is 6.07 Å². The van der Waals surface area contributed by atoms with Gasteiger partial charge < -0.3 is 14.5 Å². The molecule has 0 aliphatic heterocycles. The molecule has 1 amide bonds. The van der Waals surface area contributed by atoms with E-state index in [2.05, 4.69) is 5.32 Å². The molecule has 5 nitrogen and oxygen atoms in total. The van der Waals surface area contributed by atoms with Crippen molar-refractivity contribution in [3.8, 4) is 5.75 Å². The third kappa shape index (κ3) is 3.45. The van der Waals surface area contributed by atoms with E-state index in [9.17, 15) is 9.59 Å². The molecule has 0 spiro atoms. The van der Waals surface area contributed by atoms with Crippen molar-refractivity contribution in [1.82, 2.24) is 5.32 Å². The molecule has 138 valence electrons. The van der Waals surface area contributed by atoms with E-state index in [1.54, 1.807) is 12.1 Å². The maximum absolute atomic E-state index is 12.5. The van der Waals surface area contributed by atoms with Crippen LogP contribution < -0.4 is 15.7 Å². The summed E-state index contributed by atoms with van der Waals surface area (Å²) in [6.45, 7) is 1.77. The fourth-order valence-corrected chi connectivity index (χ4v) is 3.62. The van der Waals surface area contributed by atoms with E-state index in [0.29, 0.717) is 11.3 Å². The van der Waals surface area contributed by atoms with Crippen LogP contribution in [0.3, 0.4) is 0 Å². The maximum Gasteiger partial charge on any atom is 0.336 e. The molecule has 0 unspecified atom stereocenters. The summed E-state index contributed by atoms with van der Waals surface area (Å²) in [5.41, 5.74) is 1.75. The van der Waals surface area contributed by atoms with Gasteiger partial charge in [0.15, 0.2) is 6.61 Å². The van der Waals surface area contributed by atoms with Gasteiger partial charge in [-0.3, -0.25) is 4.79 Å². The molecule has 1 N–H and O–H groups in total. The summed E-state index contributed by atoms with van der Waals surface area (Å²) in [5, 5.41) is 3.99. The first-order chi connectivity index (χ1) is 13.1. The zero-order chi connectivity index (χ0) is 18.9. The van der Waals surface area contributed by atoms with Crippen molar-refractivity contribution in [3.05, 3.63) is 76.1 Å². The SMILES string of the molecule is Cc1cc(=O)oc2cc(OCC(=O)NC3(c4ccccc4)CCC3)ccc12. The molecular weight excluding hydrogens is 342 g/mol. The van der Waals surface area contributed by atoms with Crippen molar-refractivity contribution in [1.29, 1.82) is 0 Å². The number of amides is 1. The van der Waals surface area contributed by atoms with E-state index in [-0.39, 0.29) is 18.1 Å². The topological polar surface area (TPSA) is 68.5 Å². The number of aryl methyl sites for hydroxylation is 1. The van der Waals surface area contributed by atoms with E-state index in [1.807, 2.05) is 43.3 Å². The Morgan fingerprint density at radius 2 is 1.93 bits per heavy atom. The van der Waals surface area contributed by atoms with Gasteiger partial charge >= 0.3 is 5.63 Å². The van der Waals surface area contributed by atoms with Crippen LogP contribution in [0.4, 0.5) is 0 Å². The van der Waals surface area contributed by atoms with Gasteiger partial charge in [0.2, 0.25) is 0 Å². The van der Waals surface area contributed by atoms with Crippen molar-refractivity contribution in [3.63, 3.8) is 0 Å². The van der Waals surface area contributed by atoms with Crippen LogP contribution in [0.2, 0.25) is 0 Å². The van der Waals surface area contributed by atoms with Crippen LogP contribution in [-0.2, 0) is 10.3 Å². The van der Waals surface area contributed by atoms with Crippen LogP contribution in [0.5, 0.6) is 5.75 Å². The van der Waals surface area contributed by atoms with Gasteiger partial charge in [-0.25, -0.2) is 4.79 Å². The van der Waals surface area contributed by atoms with Gasteiger partial charge in [-0.2, -0.15) is 0 Å². The fraction of sp³-hybridized carbons (Fsp3) is 0.273. The predicted molar refractivity (Wildman–Crippen MR) is 103 cm³/mol. The molecule has 0 radical (unpaired) electrons. The second-order valence-corrected chi connectivity index (χ2v) is 7.04. The van der Waals surface area contributed by atoms with E-state index in [0.717, 1.165) is 35.8 Å². The van der Waals surface area contributed by atoms with Gasteiger partial charge in [-0.1, -0.05) is 30.3 Å². The van der Waals surface area contributed by atoms with Crippen molar-refractivity contribution >= 4 is 16.9 Å². The number of hydrogen-bond donors (Lipinski definition) is 1. The Labute approximate surface area is 157 Å². The summed E-state index contributed by atoms with van der Waals surface area (Å²) in [4.78, 5) is 24.0. The number of hydrogen-bond acceptors (Lipinski definition) is 4. The van der Waals surface area contributed by atoms with Gasteiger partial charge in [0.05, 0.1) is 5.54 Å². The highest BCUT2D eigenvalue weighted by molar-refractivity contribution is 5.82. The Morgan fingerprint density at radius 3 is 2.63 bits per heavy atom. The normalized spacial score (nSPS) is 15.1. The molecule has 27 heavy (non-hydrogen) atoms. The highest BCUT2D eigenvalue weighted by atomic mass is 16.5. The number of ether oxygens (including phenoxy) is 1. The van der Waals surface area contributed by atoms with E-state index < -0.39 is 5.63 Å². The molecule has 1 aliphatic rings. The molecule has 4 rings (SSSR count). The highest BCUT2D eigenvalue weighted by Crippen LogP contribution is 2.41. The standard InChI is InChI=1S/C22H21NO4/c1-15-12-21(25)27-19-13-17(8-9-18(15)19)26-14-20(24)23-22(10-5-11-22)16-6-3-2-4-7-16/h2-4,6-9,12-13H,5,10-11,14H2,1H3,(H,23,24). The number of carbonyl (C=O) groups is 1. The van der Waals surface area contributed by atoms with E-state index in [4.69, 9.17) is 9.15 Å². The third-order valence-corrected chi connectivity index (χ3v) is 5.20. The van der Waals surface area contributed by atoms with Crippen LogP contribution in [0.15, 0.2) is 63.8 Å². The summed E-state index contributed by atoms with van der Waals surface area (Å²) in [6.07, 6.45) is 2.96. The number of fused-ring (bicyclic) bond motifs is 1. The fourth-order valence-electron chi connectivity index (χ4n) is 3.62. The van der Waals surface area contributed by atoms with Crippen LogP contribution >= 0.6 is 0 Å². The van der Waals surface area contributed by atoms with Crippen LogP contribution in [-0.4, -0.2) is 12.5 Å². The number of benzene rings is 2. The Kier molecular flexibility index (Phi) is 4.44. The molecule has 1 fully saturated rings. The molecule has 1 aromatic heterocycles. The van der Waals surface area contributed by atoms with E-state index >= 15 is 0 Å². The highest BCUT2D eigenvalue weighted by Gasteiger charge is 2.39. The number of carbonyl (C=O) groups excluding carboxylic acids is 1. The smallest absolute Gasteiger partial charge is 0.336 e. The minimum absolute atomic E-state index is 0.0872. The molecule has 5 heteroatoms. The summed E-state index contributed by atoms with van der Waals surface area (Å²) in [5.74, 6) is 0.332. The molecule has 1 saturated carbocycles. The first-order valence-corrected chi connectivity index (χ1v) is 9.10. The molecule has 1 aliphatic carbocycles. The van der Waals surface area contributed by atoms with Gasteiger partial charge in [0, 0.05) is 17.5 Å². The van der Waals surface area contributed by atoms with Gasteiger partial charge in [0.1, 0.15) is 11.3 Å². The maximum atomic E-state index is 12.5. The van der Waals surface area contributed by atoms with Crippen LogP contribution in [0.1, 0.15) is 30.4 Å². The van der Waals surface area contributed by atoms with Crippen LogP contribution in [0.25, 0.3) is 11.0 Å². The van der Waals surface area contributed by atoms with Gasteiger partial charge in [-0.05, 0) is 49.4 Å². The summed E-state index contributed by atoms with van der Waals surface area (Å²) in [6, 6.07) is 16.8. The second kappa shape index (κ2) is 6.91. The Morgan fingerprint density at radius 1 is 1.15 bits per heavy atom. The largest absolute Gasteiger partial charge is 0.484 e. The zero-order valence-electron chi connectivity index (χ0n) is 15.2. The summed E-state index contributed by atoms with van der Waals surface area (Å²) >= 11 is 0. The average Bonchev–Trinajstić information content (AvgIpc) is 2.63. The summed E-state index contributed by atoms with van der Waals surface area (Å²) in [7, 11) is 0. The lowest BCUT2D eigenvalue weighted by molar-refractivity contribution is -0.126. The van der Waals surface area contributed by atoms with Gasteiger partial charge in [-0.15, -0.1) is 0 Å². The minimum atomic E-state index is -0.398. The molecule has 0 bridgehead atoms. The van der Waals surface area contributed by atoms with Crippen molar-refractivity contribution in [2.24, 2.45) is 0 Å². The minimum Gasteiger partial charge on any atom is -0.484 e. The molecule has 1 heterocycles. The van der Waals surface area contributed by atoms with Crippen molar-refractivity contribution in [2.75, 3.05) is 6.61 Å². The molecule has 0 saturated heterocycles. The molecular formula is C22H21NO4. The van der Waals surface area contributed by atoms with Gasteiger partial charge in [0.25, 0.3) is 5.91 Å². The molecule has 3 aromatic rings. The van der Waals surface area contributed by atoms with Crippen LogP contribution in [0, 0.1) is 6.92 Å². The Bertz CT molecular complexity index is 1040. The van der Waals surface area contributed by atoms with Crippen molar-refractivity contribution in [2.45, 2.75) is 31.7 Å². The lowest BCUT2D eigenvalue weighted by atomic mass is 9.72. The Hall–Kier alpha value is -3.08. The number of rotatable bonds is 5. The molecule has 0 atom stereocenters. The Balaban J connectivity index is 1.45. The predicted octanol–water partition coefficient (Wildman–Crippen LogP) is 3.68. The lowest BCUT2D eigenvalue weighted by Crippen LogP contribution is -2.52. The quantitative estimate of drug-likeness (QED) is 0.702. The third-order valence-electron chi connectivity index (χ3n) is 5.20. The second-order valence-electron chi connectivity index (χ2n) is 7.04. The van der Waals surface area contributed by atoms with Crippen molar-refractivity contribution < 1.29 is 13.9 Å².